The topological polar surface area (TPSA) is 38.9 Å². The van der Waals surface area contributed by atoms with Crippen LogP contribution in [0.5, 0.6) is 0 Å². The molecule has 1 aromatic carbocycles. The van der Waals surface area contributed by atoms with Gasteiger partial charge in [0.05, 0.1) is 11.6 Å². The summed E-state index contributed by atoms with van der Waals surface area (Å²) in [4.78, 5) is 5.27. The van der Waals surface area contributed by atoms with Crippen LogP contribution >= 0.6 is 11.3 Å². The average Bonchev–Trinajstić information content (AvgIpc) is 2.80. The van der Waals surface area contributed by atoms with E-state index in [4.69, 9.17) is 5.73 Å². The van der Waals surface area contributed by atoms with Gasteiger partial charge < -0.3 is 5.73 Å². The molecular weight excluding hydrogens is 228 g/mol. The SMILES string of the molecule is NC(c1cncs1)c1ccccc1C1CCC1. The second-order valence-electron chi connectivity index (χ2n) is 4.64. The Morgan fingerprint density at radius 1 is 1.29 bits per heavy atom. The number of aromatic nitrogens is 1. The normalized spacial score (nSPS) is 17.7. The lowest BCUT2D eigenvalue weighted by Gasteiger charge is -2.29. The molecule has 3 heteroatoms. The number of nitrogens with two attached hydrogens (primary N) is 1. The molecule has 88 valence electrons. The molecule has 0 bridgehead atoms. The first-order valence-electron chi connectivity index (χ1n) is 6.09. The molecule has 17 heavy (non-hydrogen) atoms. The lowest BCUT2D eigenvalue weighted by atomic mass is 9.77. The maximum atomic E-state index is 6.35. The van der Waals surface area contributed by atoms with Crippen LogP contribution in [-0.4, -0.2) is 4.98 Å². The zero-order chi connectivity index (χ0) is 11.7. The molecule has 0 radical (unpaired) electrons. The van der Waals surface area contributed by atoms with E-state index in [9.17, 15) is 0 Å². The van der Waals surface area contributed by atoms with Gasteiger partial charge in [-0.1, -0.05) is 30.7 Å². The highest BCUT2D eigenvalue weighted by Crippen LogP contribution is 2.40. The number of thiazole rings is 1. The fourth-order valence-electron chi connectivity index (χ4n) is 2.42. The Morgan fingerprint density at radius 2 is 2.12 bits per heavy atom. The molecule has 0 spiro atoms. The van der Waals surface area contributed by atoms with Gasteiger partial charge in [0.15, 0.2) is 0 Å². The summed E-state index contributed by atoms with van der Waals surface area (Å²) in [6.45, 7) is 0. The first-order chi connectivity index (χ1) is 8.36. The third-order valence-corrected chi connectivity index (χ3v) is 4.49. The Kier molecular flexibility index (Phi) is 2.95. The quantitative estimate of drug-likeness (QED) is 0.898. The molecule has 1 unspecified atom stereocenters. The summed E-state index contributed by atoms with van der Waals surface area (Å²) in [5, 5.41) is 0. The minimum absolute atomic E-state index is 0.0145. The Hall–Kier alpha value is -1.19. The standard InChI is InChI=1S/C14H16N2S/c15-14(13-8-16-9-17-13)12-7-2-1-6-11(12)10-4-3-5-10/h1-2,6-10,14H,3-5,15H2. The molecule has 1 aliphatic rings. The van der Waals surface area contributed by atoms with Crippen LogP contribution < -0.4 is 5.73 Å². The first-order valence-corrected chi connectivity index (χ1v) is 6.97. The summed E-state index contributed by atoms with van der Waals surface area (Å²) in [5.74, 6) is 0.727. The molecule has 1 atom stereocenters. The van der Waals surface area contributed by atoms with E-state index in [1.165, 1.54) is 30.4 Å². The van der Waals surface area contributed by atoms with Crippen LogP contribution in [0.2, 0.25) is 0 Å². The molecular formula is C14H16N2S. The fourth-order valence-corrected chi connectivity index (χ4v) is 3.06. The molecule has 1 aliphatic carbocycles. The van der Waals surface area contributed by atoms with Crippen LogP contribution in [0, 0.1) is 0 Å². The van der Waals surface area contributed by atoms with Gasteiger partial charge in [0.1, 0.15) is 0 Å². The molecule has 1 heterocycles. The van der Waals surface area contributed by atoms with Crippen molar-refractivity contribution in [2.75, 3.05) is 0 Å². The van der Waals surface area contributed by atoms with Crippen molar-refractivity contribution in [2.45, 2.75) is 31.2 Å². The van der Waals surface area contributed by atoms with E-state index in [0.717, 1.165) is 10.8 Å². The van der Waals surface area contributed by atoms with Gasteiger partial charge in [-0.3, -0.25) is 4.98 Å². The highest BCUT2D eigenvalue weighted by molar-refractivity contribution is 7.09. The average molecular weight is 244 g/mol. The molecule has 0 saturated heterocycles. The molecule has 2 N–H and O–H groups in total. The lowest BCUT2D eigenvalue weighted by molar-refractivity contribution is 0.416. The second kappa shape index (κ2) is 4.59. The summed E-state index contributed by atoms with van der Waals surface area (Å²) >= 11 is 1.64. The van der Waals surface area contributed by atoms with Crippen LogP contribution in [0.25, 0.3) is 0 Å². The maximum absolute atomic E-state index is 6.35. The van der Waals surface area contributed by atoms with Crippen molar-refractivity contribution in [3.05, 3.63) is 52.0 Å². The number of hydrogen-bond acceptors (Lipinski definition) is 3. The van der Waals surface area contributed by atoms with Gasteiger partial charge >= 0.3 is 0 Å². The molecule has 1 aromatic heterocycles. The van der Waals surface area contributed by atoms with Crippen molar-refractivity contribution < 1.29 is 0 Å². The maximum Gasteiger partial charge on any atom is 0.0794 e. The van der Waals surface area contributed by atoms with Gasteiger partial charge in [0.25, 0.3) is 0 Å². The van der Waals surface area contributed by atoms with Crippen LogP contribution in [0.1, 0.15) is 47.2 Å². The molecule has 1 saturated carbocycles. The van der Waals surface area contributed by atoms with Crippen LogP contribution in [0.15, 0.2) is 36.0 Å². The Bertz CT molecular complexity index is 489. The van der Waals surface area contributed by atoms with Crippen LogP contribution in [-0.2, 0) is 0 Å². The predicted octanol–water partition coefficient (Wildman–Crippen LogP) is 3.46. The summed E-state index contributed by atoms with van der Waals surface area (Å²) in [6, 6.07) is 8.59. The highest BCUT2D eigenvalue weighted by Gasteiger charge is 2.24. The second-order valence-corrected chi connectivity index (χ2v) is 5.56. The summed E-state index contributed by atoms with van der Waals surface area (Å²) in [5.41, 5.74) is 10.9. The van der Waals surface area contributed by atoms with Gasteiger partial charge in [0.2, 0.25) is 0 Å². The number of nitrogens with zero attached hydrogens (tertiary/aromatic N) is 1. The van der Waals surface area contributed by atoms with E-state index in [1.807, 2.05) is 11.7 Å². The van der Waals surface area contributed by atoms with Gasteiger partial charge in [-0.05, 0) is 29.9 Å². The predicted molar refractivity (Wildman–Crippen MR) is 71.2 cm³/mol. The largest absolute Gasteiger partial charge is 0.320 e. The zero-order valence-corrected chi connectivity index (χ0v) is 10.5. The summed E-state index contributed by atoms with van der Waals surface area (Å²) in [6.07, 6.45) is 5.86. The summed E-state index contributed by atoms with van der Waals surface area (Å²) < 4.78 is 0. The molecule has 2 nitrogen and oxygen atoms in total. The Balaban J connectivity index is 1.96. The molecule has 0 aliphatic heterocycles. The Morgan fingerprint density at radius 3 is 2.76 bits per heavy atom. The van der Waals surface area contributed by atoms with Crippen molar-refractivity contribution in [1.82, 2.24) is 4.98 Å². The van der Waals surface area contributed by atoms with Gasteiger partial charge in [-0.15, -0.1) is 11.3 Å². The van der Waals surface area contributed by atoms with Crippen molar-refractivity contribution >= 4 is 11.3 Å². The monoisotopic (exact) mass is 244 g/mol. The Labute approximate surface area is 106 Å². The first kappa shape index (κ1) is 10.9. The van der Waals surface area contributed by atoms with E-state index in [-0.39, 0.29) is 6.04 Å². The molecule has 3 rings (SSSR count). The lowest BCUT2D eigenvalue weighted by Crippen LogP contribution is -2.17. The van der Waals surface area contributed by atoms with Gasteiger partial charge in [0, 0.05) is 11.1 Å². The highest BCUT2D eigenvalue weighted by atomic mass is 32.1. The fraction of sp³-hybridized carbons (Fsp3) is 0.357. The van der Waals surface area contributed by atoms with Crippen molar-refractivity contribution in [1.29, 1.82) is 0 Å². The van der Waals surface area contributed by atoms with Gasteiger partial charge in [-0.25, -0.2) is 0 Å². The zero-order valence-electron chi connectivity index (χ0n) is 9.67. The molecule has 0 amide bonds. The molecule has 1 fully saturated rings. The summed E-state index contributed by atoms with van der Waals surface area (Å²) in [7, 11) is 0. The van der Waals surface area contributed by atoms with E-state index >= 15 is 0 Å². The van der Waals surface area contributed by atoms with Gasteiger partial charge in [-0.2, -0.15) is 0 Å². The molecule has 2 aromatic rings. The van der Waals surface area contributed by atoms with E-state index in [2.05, 4.69) is 29.2 Å². The van der Waals surface area contributed by atoms with Crippen molar-refractivity contribution in [2.24, 2.45) is 5.73 Å². The minimum atomic E-state index is -0.0145. The van der Waals surface area contributed by atoms with Crippen LogP contribution in [0.4, 0.5) is 0 Å². The van der Waals surface area contributed by atoms with Crippen LogP contribution in [0.3, 0.4) is 0 Å². The van der Waals surface area contributed by atoms with E-state index < -0.39 is 0 Å². The van der Waals surface area contributed by atoms with E-state index in [0.29, 0.717) is 0 Å². The van der Waals surface area contributed by atoms with Crippen molar-refractivity contribution in [3.8, 4) is 0 Å². The number of hydrogen-bond donors (Lipinski definition) is 1. The smallest absolute Gasteiger partial charge is 0.0794 e. The third-order valence-electron chi connectivity index (χ3n) is 3.63. The minimum Gasteiger partial charge on any atom is -0.320 e. The van der Waals surface area contributed by atoms with Crippen molar-refractivity contribution in [3.63, 3.8) is 0 Å². The number of benzene rings is 1. The third kappa shape index (κ3) is 2.01. The van der Waals surface area contributed by atoms with E-state index in [1.54, 1.807) is 11.3 Å². The number of rotatable bonds is 3.